The number of carboxylic acids is 1. The summed E-state index contributed by atoms with van der Waals surface area (Å²) < 4.78 is 4.42. The fraction of sp³-hybridized carbons (Fsp3) is 0.667. The van der Waals surface area contributed by atoms with Gasteiger partial charge in [0.1, 0.15) is 0 Å². The van der Waals surface area contributed by atoms with E-state index in [0.29, 0.717) is 0 Å². The molecule has 0 aromatic rings. The van der Waals surface area contributed by atoms with E-state index >= 15 is 0 Å². The highest BCUT2D eigenvalue weighted by molar-refractivity contribution is 5.76. The van der Waals surface area contributed by atoms with Crippen LogP contribution in [0.4, 0.5) is 4.79 Å². The number of hydrogen-bond donors (Lipinski definition) is 2. The number of carboxylic acid groups (broad SMARTS) is 1. The molecule has 2 N–H and O–H groups in total. The Kier molecular flexibility index (Phi) is 6.66. The van der Waals surface area contributed by atoms with E-state index in [0.717, 1.165) is 0 Å². The molecule has 0 aromatic heterocycles. The van der Waals surface area contributed by atoms with Crippen LogP contribution >= 0.6 is 0 Å². The highest BCUT2D eigenvalue weighted by Gasteiger charge is 2.10. The van der Waals surface area contributed by atoms with Gasteiger partial charge in [0.15, 0.2) is 0 Å². The van der Waals surface area contributed by atoms with Crippen LogP contribution in [0.2, 0.25) is 0 Å². The van der Waals surface area contributed by atoms with Crippen LogP contribution in [-0.2, 0) is 14.3 Å². The Labute approximate surface area is 93.4 Å². The molecular weight excluding hydrogens is 216 g/mol. The second-order valence-corrected chi connectivity index (χ2v) is 3.12. The molecule has 0 aromatic carbocycles. The molecule has 0 fully saturated rings. The van der Waals surface area contributed by atoms with Crippen molar-refractivity contribution in [2.45, 2.75) is 12.8 Å². The SMILES string of the molecule is COC(=O)CCN(C)C(=O)NCCC(=O)O. The maximum Gasteiger partial charge on any atom is 0.317 e. The van der Waals surface area contributed by atoms with E-state index in [4.69, 9.17) is 5.11 Å². The molecule has 0 heterocycles. The lowest BCUT2D eigenvalue weighted by Crippen LogP contribution is -2.39. The number of ether oxygens (including phenoxy) is 1. The third-order valence-electron chi connectivity index (χ3n) is 1.84. The molecule has 0 aliphatic carbocycles. The number of amides is 2. The van der Waals surface area contributed by atoms with Crippen molar-refractivity contribution in [2.24, 2.45) is 0 Å². The fourth-order valence-electron chi connectivity index (χ4n) is 0.874. The van der Waals surface area contributed by atoms with Gasteiger partial charge in [-0.3, -0.25) is 9.59 Å². The molecule has 0 bridgehead atoms. The van der Waals surface area contributed by atoms with Crippen molar-refractivity contribution < 1.29 is 24.2 Å². The molecule has 0 spiro atoms. The highest BCUT2D eigenvalue weighted by atomic mass is 16.5. The number of nitrogens with one attached hydrogen (secondary N) is 1. The molecular formula is C9H16N2O5. The minimum atomic E-state index is -0.975. The van der Waals surface area contributed by atoms with E-state index in [-0.39, 0.29) is 25.9 Å². The van der Waals surface area contributed by atoms with E-state index in [9.17, 15) is 14.4 Å². The first-order chi connectivity index (χ1) is 7.47. The summed E-state index contributed by atoms with van der Waals surface area (Å²) in [5.41, 5.74) is 0. The molecule has 0 saturated carbocycles. The molecule has 0 radical (unpaired) electrons. The van der Waals surface area contributed by atoms with Gasteiger partial charge < -0.3 is 20.1 Å². The minimum absolute atomic E-state index is 0.0662. The van der Waals surface area contributed by atoms with E-state index in [2.05, 4.69) is 10.1 Å². The summed E-state index contributed by atoms with van der Waals surface area (Å²) >= 11 is 0. The van der Waals surface area contributed by atoms with Crippen molar-refractivity contribution in [2.75, 3.05) is 27.2 Å². The maximum absolute atomic E-state index is 11.3. The van der Waals surface area contributed by atoms with Crippen molar-refractivity contribution in [1.82, 2.24) is 10.2 Å². The zero-order valence-corrected chi connectivity index (χ0v) is 9.36. The van der Waals surface area contributed by atoms with Crippen LogP contribution in [0.25, 0.3) is 0 Å². The summed E-state index contributed by atoms with van der Waals surface area (Å²) in [6, 6.07) is -0.412. The Balaban J connectivity index is 3.73. The van der Waals surface area contributed by atoms with Gasteiger partial charge in [0.05, 0.1) is 20.0 Å². The van der Waals surface area contributed by atoms with Gasteiger partial charge in [0, 0.05) is 20.1 Å². The Morgan fingerprint density at radius 2 is 1.94 bits per heavy atom. The number of nitrogens with zero attached hydrogens (tertiary/aromatic N) is 1. The molecule has 0 atom stereocenters. The van der Waals surface area contributed by atoms with Gasteiger partial charge in [-0.05, 0) is 0 Å². The maximum atomic E-state index is 11.3. The van der Waals surface area contributed by atoms with Gasteiger partial charge in [0.2, 0.25) is 0 Å². The normalized spacial score (nSPS) is 9.38. The van der Waals surface area contributed by atoms with Crippen molar-refractivity contribution in [1.29, 1.82) is 0 Å². The van der Waals surface area contributed by atoms with Gasteiger partial charge >= 0.3 is 18.0 Å². The number of hydrogen-bond acceptors (Lipinski definition) is 4. The zero-order chi connectivity index (χ0) is 12.6. The van der Waals surface area contributed by atoms with Gasteiger partial charge in [-0.2, -0.15) is 0 Å². The molecule has 7 nitrogen and oxygen atoms in total. The van der Waals surface area contributed by atoms with Crippen LogP contribution in [-0.4, -0.2) is 55.2 Å². The molecule has 92 valence electrons. The number of aliphatic carboxylic acids is 1. The molecule has 2 amide bonds. The lowest BCUT2D eigenvalue weighted by atomic mass is 10.4. The number of rotatable bonds is 6. The lowest BCUT2D eigenvalue weighted by molar-refractivity contribution is -0.140. The van der Waals surface area contributed by atoms with Crippen LogP contribution in [0.15, 0.2) is 0 Å². The Hall–Kier alpha value is -1.79. The molecule has 0 aliphatic rings. The molecule has 0 rings (SSSR count). The zero-order valence-electron chi connectivity index (χ0n) is 9.36. The summed E-state index contributed by atoms with van der Waals surface area (Å²) in [5, 5.41) is 10.8. The van der Waals surface area contributed by atoms with Gasteiger partial charge in [-0.25, -0.2) is 4.79 Å². The fourth-order valence-corrected chi connectivity index (χ4v) is 0.874. The lowest BCUT2D eigenvalue weighted by Gasteiger charge is -2.16. The van der Waals surface area contributed by atoms with Crippen LogP contribution in [0.5, 0.6) is 0 Å². The van der Waals surface area contributed by atoms with Crippen LogP contribution in [0.1, 0.15) is 12.8 Å². The van der Waals surface area contributed by atoms with Crippen molar-refractivity contribution in [3.63, 3.8) is 0 Å². The second kappa shape index (κ2) is 7.49. The summed E-state index contributed by atoms with van der Waals surface area (Å²) in [7, 11) is 2.79. The summed E-state index contributed by atoms with van der Waals surface area (Å²) in [5.74, 6) is -1.37. The summed E-state index contributed by atoms with van der Waals surface area (Å²) in [4.78, 5) is 33.5. The molecule has 0 unspecified atom stereocenters. The predicted molar refractivity (Wildman–Crippen MR) is 54.9 cm³/mol. The van der Waals surface area contributed by atoms with Crippen LogP contribution in [0, 0.1) is 0 Å². The molecule has 7 heteroatoms. The van der Waals surface area contributed by atoms with Gasteiger partial charge in [-0.15, -0.1) is 0 Å². The Bertz CT molecular complexity index is 267. The molecule has 16 heavy (non-hydrogen) atoms. The van der Waals surface area contributed by atoms with Gasteiger partial charge in [-0.1, -0.05) is 0 Å². The first-order valence-corrected chi connectivity index (χ1v) is 4.75. The first kappa shape index (κ1) is 14.2. The van der Waals surface area contributed by atoms with Crippen LogP contribution in [0.3, 0.4) is 0 Å². The quantitative estimate of drug-likeness (QED) is 0.611. The minimum Gasteiger partial charge on any atom is -0.481 e. The number of esters is 1. The molecule has 0 aliphatic heterocycles. The number of carbonyl (C=O) groups excluding carboxylic acids is 2. The standard InChI is InChI=1S/C9H16N2O5/c1-11(6-4-8(14)16-2)9(15)10-5-3-7(12)13/h3-6H2,1-2H3,(H,10,15)(H,12,13). The van der Waals surface area contributed by atoms with E-state index < -0.39 is 18.0 Å². The van der Waals surface area contributed by atoms with Crippen molar-refractivity contribution in [3.05, 3.63) is 0 Å². The van der Waals surface area contributed by atoms with Crippen molar-refractivity contribution in [3.8, 4) is 0 Å². The van der Waals surface area contributed by atoms with E-state index in [1.165, 1.54) is 19.1 Å². The third kappa shape index (κ3) is 6.63. The number of methoxy groups -OCH3 is 1. The second-order valence-electron chi connectivity index (χ2n) is 3.12. The smallest absolute Gasteiger partial charge is 0.317 e. The molecule has 0 saturated heterocycles. The predicted octanol–water partition coefficient (Wildman–Crippen LogP) is -0.334. The highest BCUT2D eigenvalue weighted by Crippen LogP contribution is 1.91. The average Bonchev–Trinajstić information content (AvgIpc) is 2.24. The summed E-state index contributed by atoms with van der Waals surface area (Å²) in [6.45, 7) is 0.294. The number of carbonyl (C=O) groups is 3. The monoisotopic (exact) mass is 232 g/mol. The van der Waals surface area contributed by atoms with Crippen molar-refractivity contribution >= 4 is 18.0 Å². The average molecular weight is 232 g/mol. The number of urea groups is 1. The van der Waals surface area contributed by atoms with Gasteiger partial charge in [0.25, 0.3) is 0 Å². The van der Waals surface area contributed by atoms with Crippen LogP contribution < -0.4 is 5.32 Å². The topological polar surface area (TPSA) is 95.9 Å². The van der Waals surface area contributed by atoms with E-state index in [1.807, 2.05) is 0 Å². The Morgan fingerprint density at radius 1 is 1.31 bits per heavy atom. The van der Waals surface area contributed by atoms with E-state index in [1.54, 1.807) is 0 Å². The largest absolute Gasteiger partial charge is 0.481 e. The third-order valence-corrected chi connectivity index (χ3v) is 1.84. The Morgan fingerprint density at radius 3 is 2.44 bits per heavy atom. The first-order valence-electron chi connectivity index (χ1n) is 4.75. The summed E-state index contributed by atoms with van der Waals surface area (Å²) in [6.07, 6.45) is -0.0179.